The van der Waals surface area contributed by atoms with Gasteiger partial charge in [-0.1, -0.05) is 37.3 Å². The average molecular weight is 248 g/mol. The van der Waals surface area contributed by atoms with Crippen LogP contribution in [0.4, 0.5) is 0 Å². The normalized spacial score (nSPS) is 19.1. The molecule has 1 aliphatic heterocycles. The van der Waals surface area contributed by atoms with Crippen molar-refractivity contribution >= 4 is 0 Å². The van der Waals surface area contributed by atoms with Crippen molar-refractivity contribution in [3.05, 3.63) is 35.9 Å². The van der Waals surface area contributed by atoms with E-state index in [4.69, 9.17) is 0 Å². The molecule has 18 heavy (non-hydrogen) atoms. The molecule has 3 nitrogen and oxygen atoms in total. The van der Waals surface area contributed by atoms with Gasteiger partial charge in [-0.2, -0.15) is 0 Å². The number of nitrogens with one attached hydrogen (secondary N) is 1. The molecule has 1 atom stereocenters. The number of hydrogen-bond donors (Lipinski definition) is 2. The van der Waals surface area contributed by atoms with Gasteiger partial charge in [-0.25, -0.2) is 0 Å². The van der Waals surface area contributed by atoms with Crippen LogP contribution in [0.5, 0.6) is 0 Å². The van der Waals surface area contributed by atoms with Crippen LogP contribution in [0.1, 0.15) is 31.4 Å². The molecular weight excluding hydrogens is 224 g/mol. The summed E-state index contributed by atoms with van der Waals surface area (Å²) in [5.41, 5.74) is 1.02. The van der Waals surface area contributed by atoms with Gasteiger partial charge in [-0.05, 0) is 38.0 Å². The van der Waals surface area contributed by atoms with Crippen molar-refractivity contribution in [3.63, 3.8) is 0 Å². The summed E-state index contributed by atoms with van der Waals surface area (Å²) in [5.74, 6) is 0. The Labute approximate surface area is 110 Å². The average Bonchev–Trinajstić information content (AvgIpc) is 2.46. The van der Waals surface area contributed by atoms with E-state index in [2.05, 4.69) is 17.1 Å². The van der Waals surface area contributed by atoms with E-state index in [0.717, 1.165) is 31.7 Å². The van der Waals surface area contributed by atoms with Gasteiger partial charge in [-0.15, -0.1) is 0 Å². The molecular formula is C15H24N2O. The summed E-state index contributed by atoms with van der Waals surface area (Å²) < 4.78 is 0. The number of likely N-dealkylation sites (N-methyl/N-ethyl adjacent to an activating group) is 1. The molecule has 0 aliphatic carbocycles. The first-order chi connectivity index (χ1) is 8.81. The van der Waals surface area contributed by atoms with E-state index in [9.17, 15) is 5.11 Å². The van der Waals surface area contributed by atoms with Gasteiger partial charge in [0.1, 0.15) is 0 Å². The van der Waals surface area contributed by atoms with Crippen LogP contribution in [0.2, 0.25) is 0 Å². The third-order valence-corrected chi connectivity index (χ3v) is 3.82. The van der Waals surface area contributed by atoms with Gasteiger partial charge in [0.2, 0.25) is 0 Å². The Morgan fingerprint density at radius 3 is 2.56 bits per heavy atom. The Morgan fingerprint density at radius 2 is 1.94 bits per heavy atom. The van der Waals surface area contributed by atoms with E-state index in [1.54, 1.807) is 0 Å². The van der Waals surface area contributed by atoms with Crippen molar-refractivity contribution in [1.29, 1.82) is 0 Å². The fourth-order valence-electron chi connectivity index (χ4n) is 2.71. The maximum atomic E-state index is 10.3. The Bertz CT molecular complexity index is 336. The first-order valence-electron chi connectivity index (χ1n) is 6.99. The van der Waals surface area contributed by atoms with Gasteiger partial charge in [0.15, 0.2) is 0 Å². The molecule has 1 aliphatic rings. The molecule has 100 valence electrons. The van der Waals surface area contributed by atoms with Crippen molar-refractivity contribution in [2.75, 3.05) is 26.2 Å². The number of piperidine rings is 1. The zero-order chi connectivity index (χ0) is 12.8. The summed E-state index contributed by atoms with van der Waals surface area (Å²) in [4.78, 5) is 2.42. The fourth-order valence-corrected chi connectivity index (χ4v) is 2.71. The third-order valence-electron chi connectivity index (χ3n) is 3.82. The van der Waals surface area contributed by atoms with E-state index < -0.39 is 0 Å². The van der Waals surface area contributed by atoms with E-state index in [-0.39, 0.29) is 6.10 Å². The number of nitrogens with zero attached hydrogens (tertiary/aromatic N) is 1. The quantitative estimate of drug-likeness (QED) is 0.834. The third kappa shape index (κ3) is 3.55. The van der Waals surface area contributed by atoms with Crippen molar-refractivity contribution in [1.82, 2.24) is 10.2 Å². The maximum Gasteiger partial charge on any atom is 0.0917 e. The van der Waals surface area contributed by atoms with E-state index in [0.29, 0.717) is 6.04 Å². The minimum atomic E-state index is -0.374. The standard InChI is InChI=1S/C15H24N2O/c1-2-17(14-8-10-16-11-9-14)12-15(18)13-6-4-3-5-7-13/h3-7,14-16,18H,2,8-12H2,1H3. The van der Waals surface area contributed by atoms with Crippen molar-refractivity contribution in [3.8, 4) is 0 Å². The lowest BCUT2D eigenvalue weighted by molar-refractivity contribution is 0.0791. The largest absolute Gasteiger partial charge is 0.387 e. The lowest BCUT2D eigenvalue weighted by Crippen LogP contribution is -2.44. The number of aliphatic hydroxyl groups is 1. The molecule has 0 amide bonds. The van der Waals surface area contributed by atoms with Crippen LogP contribution in [0, 0.1) is 0 Å². The van der Waals surface area contributed by atoms with Gasteiger partial charge in [0, 0.05) is 12.6 Å². The minimum Gasteiger partial charge on any atom is -0.387 e. The second-order valence-electron chi connectivity index (χ2n) is 5.00. The summed E-state index contributed by atoms with van der Waals surface area (Å²) in [6.07, 6.45) is 2.01. The van der Waals surface area contributed by atoms with Gasteiger partial charge in [-0.3, -0.25) is 4.90 Å². The molecule has 0 saturated carbocycles. The molecule has 3 heteroatoms. The maximum absolute atomic E-state index is 10.3. The van der Waals surface area contributed by atoms with Crippen LogP contribution < -0.4 is 5.32 Å². The highest BCUT2D eigenvalue weighted by molar-refractivity contribution is 5.17. The van der Waals surface area contributed by atoms with Crippen LogP contribution in [0.3, 0.4) is 0 Å². The Balaban J connectivity index is 1.93. The lowest BCUT2D eigenvalue weighted by Gasteiger charge is -2.35. The summed E-state index contributed by atoms with van der Waals surface area (Å²) >= 11 is 0. The van der Waals surface area contributed by atoms with E-state index in [1.807, 2.05) is 30.3 Å². The van der Waals surface area contributed by atoms with Crippen molar-refractivity contribution in [2.24, 2.45) is 0 Å². The second kappa shape index (κ2) is 6.88. The summed E-state index contributed by atoms with van der Waals surface area (Å²) in [6.45, 7) is 6.13. The summed E-state index contributed by atoms with van der Waals surface area (Å²) in [7, 11) is 0. The molecule has 0 spiro atoms. The Morgan fingerprint density at radius 1 is 1.28 bits per heavy atom. The van der Waals surface area contributed by atoms with Crippen molar-refractivity contribution in [2.45, 2.75) is 31.9 Å². The zero-order valence-corrected chi connectivity index (χ0v) is 11.2. The highest BCUT2D eigenvalue weighted by atomic mass is 16.3. The molecule has 1 heterocycles. The van der Waals surface area contributed by atoms with Gasteiger partial charge in [0.25, 0.3) is 0 Å². The van der Waals surface area contributed by atoms with Crippen LogP contribution in [-0.2, 0) is 0 Å². The molecule has 2 rings (SSSR count). The SMILES string of the molecule is CCN(CC(O)c1ccccc1)C1CCNCC1. The first kappa shape index (κ1) is 13.5. The van der Waals surface area contributed by atoms with Crippen LogP contribution >= 0.6 is 0 Å². The number of rotatable bonds is 5. The topological polar surface area (TPSA) is 35.5 Å². The molecule has 1 aromatic rings. The molecule has 0 aromatic heterocycles. The number of aliphatic hydroxyl groups excluding tert-OH is 1. The summed E-state index contributed by atoms with van der Waals surface area (Å²) in [5, 5.41) is 13.7. The Hall–Kier alpha value is -0.900. The smallest absolute Gasteiger partial charge is 0.0917 e. The predicted molar refractivity (Wildman–Crippen MR) is 74.5 cm³/mol. The molecule has 0 bridgehead atoms. The molecule has 1 saturated heterocycles. The van der Waals surface area contributed by atoms with Crippen molar-refractivity contribution < 1.29 is 5.11 Å². The first-order valence-corrected chi connectivity index (χ1v) is 6.99. The monoisotopic (exact) mass is 248 g/mol. The number of hydrogen-bond acceptors (Lipinski definition) is 3. The molecule has 0 radical (unpaired) electrons. The highest BCUT2D eigenvalue weighted by Crippen LogP contribution is 2.18. The fraction of sp³-hybridized carbons (Fsp3) is 0.600. The second-order valence-corrected chi connectivity index (χ2v) is 5.00. The molecule has 1 fully saturated rings. The minimum absolute atomic E-state index is 0.374. The summed E-state index contributed by atoms with van der Waals surface area (Å²) in [6, 6.07) is 10.6. The molecule has 2 N–H and O–H groups in total. The molecule has 1 unspecified atom stereocenters. The van der Waals surface area contributed by atoms with Crippen LogP contribution in [-0.4, -0.2) is 42.2 Å². The number of benzene rings is 1. The van der Waals surface area contributed by atoms with E-state index >= 15 is 0 Å². The van der Waals surface area contributed by atoms with Gasteiger partial charge in [0.05, 0.1) is 6.10 Å². The van der Waals surface area contributed by atoms with Crippen LogP contribution in [0.25, 0.3) is 0 Å². The zero-order valence-electron chi connectivity index (χ0n) is 11.2. The van der Waals surface area contributed by atoms with Crippen LogP contribution in [0.15, 0.2) is 30.3 Å². The van der Waals surface area contributed by atoms with E-state index in [1.165, 1.54) is 12.8 Å². The van der Waals surface area contributed by atoms with Gasteiger partial charge < -0.3 is 10.4 Å². The molecule has 1 aromatic carbocycles. The Kier molecular flexibility index (Phi) is 5.17. The highest BCUT2D eigenvalue weighted by Gasteiger charge is 2.22. The lowest BCUT2D eigenvalue weighted by atomic mass is 10.0. The predicted octanol–water partition coefficient (Wildman–Crippen LogP) is 1.79. The van der Waals surface area contributed by atoms with Gasteiger partial charge >= 0.3 is 0 Å².